The molecule has 208 valence electrons. The van der Waals surface area contributed by atoms with Crippen LogP contribution >= 0.6 is 0 Å². The number of amides is 3. The second kappa shape index (κ2) is 13.4. The van der Waals surface area contributed by atoms with Gasteiger partial charge >= 0.3 is 6.03 Å². The van der Waals surface area contributed by atoms with Crippen LogP contribution in [0.3, 0.4) is 0 Å². The van der Waals surface area contributed by atoms with E-state index in [9.17, 15) is 14.9 Å². The number of carbonyl (C=O) groups is 2. The minimum atomic E-state index is -0.900. The highest BCUT2D eigenvalue weighted by Crippen LogP contribution is 2.26. The standard InChI is InChI=1S/C26H45N7O4/c1-5-8-31-9-6-26(20-27,7-10-31)30-22(34)21(19-25(2,3)4)28-23(32-11-15-36-16-12-32)29-24(35)33-13-17-37-18-14-33/h21H,5-19H2,1-4H3,(H,30,34)(H,28,29,35). The first-order valence-corrected chi connectivity index (χ1v) is 13.6. The van der Waals surface area contributed by atoms with Crippen LogP contribution in [0.1, 0.15) is 53.4 Å². The number of ether oxygens (including phenoxy) is 2. The number of morpholine rings is 2. The SMILES string of the molecule is CCCN1CCC(C#N)(NC(=O)C(CC(C)(C)C)N=C(NC(=O)N2CCOCC2)N2CCOCC2)CC1. The zero-order chi connectivity index (χ0) is 26.9. The number of aliphatic imine (C=N–C) groups is 1. The Morgan fingerprint density at radius 3 is 2.08 bits per heavy atom. The molecule has 1 atom stereocenters. The van der Waals surface area contributed by atoms with Gasteiger partial charge in [-0.15, -0.1) is 0 Å². The number of piperidine rings is 1. The molecular weight excluding hydrogens is 474 g/mol. The van der Waals surface area contributed by atoms with E-state index in [0.717, 1.165) is 26.1 Å². The largest absolute Gasteiger partial charge is 0.378 e. The van der Waals surface area contributed by atoms with E-state index in [-0.39, 0.29) is 17.4 Å². The van der Waals surface area contributed by atoms with Crippen LogP contribution < -0.4 is 10.6 Å². The van der Waals surface area contributed by atoms with Crippen LogP contribution in [0.15, 0.2) is 4.99 Å². The molecular formula is C26H45N7O4. The van der Waals surface area contributed by atoms with E-state index < -0.39 is 11.6 Å². The maximum Gasteiger partial charge on any atom is 0.324 e. The van der Waals surface area contributed by atoms with Crippen molar-refractivity contribution in [2.75, 3.05) is 72.2 Å². The number of carbonyl (C=O) groups excluding carboxylic acids is 2. The maximum absolute atomic E-state index is 13.7. The normalized spacial score (nSPS) is 22.2. The lowest BCUT2D eigenvalue weighted by atomic mass is 9.85. The summed E-state index contributed by atoms with van der Waals surface area (Å²) in [6.07, 6.45) is 2.72. The lowest BCUT2D eigenvalue weighted by Crippen LogP contribution is -2.57. The summed E-state index contributed by atoms with van der Waals surface area (Å²) in [5.74, 6) is 0.111. The molecule has 3 heterocycles. The Morgan fingerprint density at radius 2 is 1.57 bits per heavy atom. The average molecular weight is 520 g/mol. The Morgan fingerprint density at radius 1 is 1.00 bits per heavy atom. The van der Waals surface area contributed by atoms with Gasteiger partial charge in [-0.25, -0.2) is 9.79 Å². The molecule has 0 saturated carbocycles. The number of hydrogen-bond donors (Lipinski definition) is 2. The summed E-state index contributed by atoms with van der Waals surface area (Å²) in [6.45, 7) is 15.1. The van der Waals surface area contributed by atoms with Crippen molar-refractivity contribution in [3.05, 3.63) is 0 Å². The van der Waals surface area contributed by atoms with E-state index >= 15 is 0 Å². The molecule has 3 fully saturated rings. The predicted octanol–water partition coefficient (Wildman–Crippen LogP) is 1.41. The first kappa shape index (κ1) is 29.1. The monoisotopic (exact) mass is 519 g/mol. The topological polar surface area (TPSA) is 123 Å². The molecule has 0 aromatic rings. The number of nitriles is 1. The Bertz CT molecular complexity index is 831. The molecule has 11 nitrogen and oxygen atoms in total. The highest BCUT2D eigenvalue weighted by molar-refractivity contribution is 5.97. The molecule has 0 aromatic heterocycles. The number of likely N-dealkylation sites (tertiary alicyclic amines) is 1. The number of guanidine groups is 1. The van der Waals surface area contributed by atoms with Crippen LogP contribution in [0.25, 0.3) is 0 Å². The molecule has 0 aromatic carbocycles. The van der Waals surface area contributed by atoms with Crippen LogP contribution in [0.2, 0.25) is 0 Å². The van der Waals surface area contributed by atoms with Crippen molar-refractivity contribution >= 4 is 17.9 Å². The summed E-state index contributed by atoms with van der Waals surface area (Å²) in [4.78, 5) is 37.6. The Balaban J connectivity index is 1.82. The molecule has 0 spiro atoms. The fraction of sp³-hybridized carbons (Fsp3) is 0.846. The fourth-order valence-electron chi connectivity index (χ4n) is 4.89. The van der Waals surface area contributed by atoms with Crippen LogP contribution in [0.5, 0.6) is 0 Å². The molecule has 0 bridgehead atoms. The number of nitrogens with one attached hydrogen (secondary N) is 2. The van der Waals surface area contributed by atoms with Crippen molar-refractivity contribution in [1.29, 1.82) is 5.26 Å². The lowest BCUT2D eigenvalue weighted by molar-refractivity contribution is -0.124. The third kappa shape index (κ3) is 8.83. The molecule has 11 heteroatoms. The van der Waals surface area contributed by atoms with Gasteiger partial charge in [0, 0.05) is 39.3 Å². The number of rotatable bonds is 6. The molecule has 3 amide bonds. The third-order valence-electron chi connectivity index (χ3n) is 7.04. The molecule has 3 rings (SSSR count). The van der Waals surface area contributed by atoms with Gasteiger partial charge in [-0.1, -0.05) is 27.7 Å². The highest BCUT2D eigenvalue weighted by Gasteiger charge is 2.38. The third-order valence-corrected chi connectivity index (χ3v) is 7.04. The van der Waals surface area contributed by atoms with Gasteiger partial charge in [0.1, 0.15) is 11.6 Å². The zero-order valence-corrected chi connectivity index (χ0v) is 23.1. The van der Waals surface area contributed by atoms with Gasteiger partial charge in [0.15, 0.2) is 0 Å². The van der Waals surface area contributed by atoms with E-state index in [0.29, 0.717) is 77.8 Å². The van der Waals surface area contributed by atoms with E-state index in [1.807, 2.05) is 4.90 Å². The van der Waals surface area contributed by atoms with Crippen LogP contribution in [-0.2, 0) is 14.3 Å². The quantitative estimate of drug-likeness (QED) is 0.402. The van der Waals surface area contributed by atoms with Crippen molar-refractivity contribution in [3.63, 3.8) is 0 Å². The lowest BCUT2D eigenvalue weighted by Gasteiger charge is -2.38. The van der Waals surface area contributed by atoms with Crippen molar-refractivity contribution in [3.8, 4) is 6.07 Å². The van der Waals surface area contributed by atoms with Crippen molar-refractivity contribution < 1.29 is 19.1 Å². The van der Waals surface area contributed by atoms with Crippen LogP contribution in [-0.4, -0.2) is 116 Å². The van der Waals surface area contributed by atoms with Gasteiger partial charge in [-0.3, -0.25) is 10.1 Å². The van der Waals surface area contributed by atoms with Gasteiger partial charge in [-0.05, 0) is 37.6 Å². The summed E-state index contributed by atoms with van der Waals surface area (Å²) >= 11 is 0. The van der Waals surface area contributed by atoms with E-state index in [1.54, 1.807) is 4.90 Å². The summed E-state index contributed by atoms with van der Waals surface area (Å²) in [5, 5.41) is 16.1. The summed E-state index contributed by atoms with van der Waals surface area (Å²) in [7, 11) is 0. The maximum atomic E-state index is 13.7. The molecule has 37 heavy (non-hydrogen) atoms. The molecule has 3 saturated heterocycles. The molecule has 0 radical (unpaired) electrons. The minimum Gasteiger partial charge on any atom is -0.378 e. The van der Waals surface area contributed by atoms with Gasteiger partial charge in [0.05, 0.1) is 32.5 Å². The van der Waals surface area contributed by atoms with Crippen molar-refractivity contribution in [2.24, 2.45) is 10.4 Å². The molecule has 0 aliphatic carbocycles. The summed E-state index contributed by atoms with van der Waals surface area (Å²) in [5.41, 5.74) is -1.09. The number of hydrogen-bond acceptors (Lipinski definition) is 7. The second-order valence-electron chi connectivity index (χ2n) is 11.4. The molecule has 3 aliphatic rings. The molecule has 3 aliphatic heterocycles. The fourth-order valence-corrected chi connectivity index (χ4v) is 4.89. The van der Waals surface area contributed by atoms with Gasteiger partial charge < -0.3 is 29.5 Å². The predicted molar refractivity (Wildman–Crippen MR) is 141 cm³/mol. The highest BCUT2D eigenvalue weighted by atomic mass is 16.5. The van der Waals surface area contributed by atoms with Gasteiger partial charge in [-0.2, -0.15) is 5.26 Å². The van der Waals surface area contributed by atoms with E-state index in [4.69, 9.17) is 14.5 Å². The van der Waals surface area contributed by atoms with E-state index in [2.05, 4.69) is 49.3 Å². The Kier molecular flexibility index (Phi) is 10.6. The number of urea groups is 1. The Hall–Kier alpha value is -2.42. The second-order valence-corrected chi connectivity index (χ2v) is 11.4. The van der Waals surface area contributed by atoms with Crippen molar-refractivity contribution in [2.45, 2.75) is 65.0 Å². The van der Waals surface area contributed by atoms with Crippen LogP contribution in [0, 0.1) is 16.7 Å². The summed E-state index contributed by atoms with van der Waals surface area (Å²) in [6, 6.07) is 1.40. The number of nitrogens with zero attached hydrogens (tertiary/aromatic N) is 5. The molecule has 2 N–H and O–H groups in total. The van der Waals surface area contributed by atoms with Crippen molar-refractivity contribution in [1.82, 2.24) is 25.3 Å². The average Bonchev–Trinajstić information content (AvgIpc) is 2.89. The minimum absolute atomic E-state index is 0.194. The summed E-state index contributed by atoms with van der Waals surface area (Å²) < 4.78 is 10.9. The Labute approximate surface area is 221 Å². The van der Waals surface area contributed by atoms with Gasteiger partial charge in [0.25, 0.3) is 0 Å². The first-order valence-electron chi connectivity index (χ1n) is 13.6. The molecule has 1 unspecified atom stereocenters. The van der Waals surface area contributed by atoms with Gasteiger partial charge in [0.2, 0.25) is 11.9 Å². The smallest absolute Gasteiger partial charge is 0.324 e. The zero-order valence-electron chi connectivity index (χ0n) is 23.1. The van der Waals surface area contributed by atoms with Crippen LogP contribution in [0.4, 0.5) is 4.79 Å². The first-order chi connectivity index (χ1) is 17.6. The van der Waals surface area contributed by atoms with E-state index in [1.165, 1.54) is 0 Å².